The number of nitrogens with zero attached hydrogens (tertiary/aromatic N) is 3. The molecule has 0 atom stereocenters. The highest BCUT2D eigenvalue weighted by molar-refractivity contribution is 6.18. The molecular formula is C13H13FN4O2. The molecule has 0 fully saturated rings. The van der Waals surface area contributed by atoms with Gasteiger partial charge in [-0.2, -0.15) is 5.10 Å². The van der Waals surface area contributed by atoms with E-state index in [0.29, 0.717) is 28.8 Å². The number of aliphatic hydroxyl groups is 1. The summed E-state index contributed by atoms with van der Waals surface area (Å²) in [6.45, 7) is 3.51. The number of aliphatic hydroxyl groups excluding tert-OH is 1. The third-order valence-electron chi connectivity index (χ3n) is 3.47. The first kappa shape index (κ1) is 12.7. The molecule has 1 aliphatic rings. The molecule has 2 heterocycles. The Hall–Kier alpha value is -2.28. The van der Waals surface area contributed by atoms with Crippen molar-refractivity contribution >= 4 is 28.3 Å². The van der Waals surface area contributed by atoms with E-state index >= 15 is 0 Å². The molecule has 0 spiro atoms. The summed E-state index contributed by atoms with van der Waals surface area (Å²) >= 11 is 0. The van der Waals surface area contributed by atoms with Crippen molar-refractivity contribution in [3.63, 3.8) is 0 Å². The predicted molar refractivity (Wildman–Crippen MR) is 72.2 cm³/mol. The van der Waals surface area contributed by atoms with E-state index < -0.39 is 18.5 Å². The SMILES string of the molecule is CCN1C(=O)Nc2c(F)c(CO)cc3c(C)nnc1c23. The number of hydrogen-bond donors (Lipinski definition) is 2. The van der Waals surface area contributed by atoms with Gasteiger partial charge in [0, 0.05) is 17.5 Å². The maximum atomic E-state index is 14.3. The van der Waals surface area contributed by atoms with Crippen LogP contribution < -0.4 is 10.2 Å². The van der Waals surface area contributed by atoms with Crippen LogP contribution in [-0.4, -0.2) is 27.9 Å². The molecule has 2 N–H and O–H groups in total. The number of hydrogen-bond acceptors (Lipinski definition) is 4. The van der Waals surface area contributed by atoms with E-state index in [1.165, 1.54) is 4.90 Å². The van der Waals surface area contributed by atoms with Crippen LogP contribution in [0.1, 0.15) is 18.2 Å². The van der Waals surface area contributed by atoms with Gasteiger partial charge in [-0.3, -0.25) is 4.90 Å². The number of urea groups is 1. The van der Waals surface area contributed by atoms with E-state index in [1.807, 2.05) is 0 Å². The third kappa shape index (κ3) is 1.56. The fourth-order valence-electron chi connectivity index (χ4n) is 2.44. The number of anilines is 2. The van der Waals surface area contributed by atoms with E-state index in [4.69, 9.17) is 0 Å². The maximum absolute atomic E-state index is 14.3. The Kier molecular flexibility index (Phi) is 2.79. The first-order valence-electron chi connectivity index (χ1n) is 6.26. The average molecular weight is 276 g/mol. The fraction of sp³-hybridized carbons (Fsp3) is 0.308. The summed E-state index contributed by atoms with van der Waals surface area (Å²) in [6, 6.07) is 1.10. The lowest BCUT2D eigenvalue weighted by atomic mass is 10.0. The number of nitrogens with one attached hydrogen (secondary N) is 1. The summed E-state index contributed by atoms with van der Waals surface area (Å²) in [4.78, 5) is 13.4. The van der Waals surface area contributed by atoms with Crippen LogP contribution in [0.15, 0.2) is 6.07 Å². The highest BCUT2D eigenvalue weighted by atomic mass is 19.1. The summed E-state index contributed by atoms with van der Waals surface area (Å²) in [5.74, 6) is -0.284. The van der Waals surface area contributed by atoms with Gasteiger partial charge < -0.3 is 10.4 Å². The average Bonchev–Trinajstić information content (AvgIpc) is 2.44. The zero-order chi connectivity index (χ0) is 14.4. The number of carbonyl (C=O) groups excluding carboxylic acids is 1. The van der Waals surface area contributed by atoms with E-state index in [9.17, 15) is 14.3 Å². The second-order valence-electron chi connectivity index (χ2n) is 4.59. The van der Waals surface area contributed by atoms with Crippen molar-refractivity contribution in [1.82, 2.24) is 10.2 Å². The Bertz CT molecular complexity index is 732. The molecule has 2 amide bonds. The van der Waals surface area contributed by atoms with Crippen molar-refractivity contribution in [3.05, 3.63) is 23.1 Å². The first-order chi connectivity index (χ1) is 9.58. The number of aromatic nitrogens is 2. The largest absolute Gasteiger partial charge is 0.392 e. The van der Waals surface area contributed by atoms with Crippen molar-refractivity contribution in [2.24, 2.45) is 0 Å². The van der Waals surface area contributed by atoms with Crippen molar-refractivity contribution in [2.75, 3.05) is 16.8 Å². The van der Waals surface area contributed by atoms with Crippen LogP contribution in [0.25, 0.3) is 10.8 Å². The van der Waals surface area contributed by atoms with Gasteiger partial charge in [0.05, 0.1) is 23.4 Å². The zero-order valence-electron chi connectivity index (χ0n) is 11.1. The monoisotopic (exact) mass is 276 g/mol. The number of carbonyl (C=O) groups is 1. The van der Waals surface area contributed by atoms with Gasteiger partial charge in [-0.1, -0.05) is 0 Å². The molecule has 1 aromatic heterocycles. The van der Waals surface area contributed by atoms with Crippen LogP contribution in [0.4, 0.5) is 20.7 Å². The van der Waals surface area contributed by atoms with Gasteiger partial charge in [0.15, 0.2) is 11.6 Å². The molecule has 0 unspecified atom stereocenters. The topological polar surface area (TPSA) is 78.4 Å². The summed E-state index contributed by atoms with van der Waals surface area (Å²) < 4.78 is 14.3. The van der Waals surface area contributed by atoms with Crippen LogP contribution in [0.2, 0.25) is 0 Å². The molecule has 6 nitrogen and oxygen atoms in total. The quantitative estimate of drug-likeness (QED) is 0.878. The molecule has 0 aliphatic carbocycles. The van der Waals surface area contributed by atoms with Gasteiger partial charge in [-0.25, -0.2) is 9.18 Å². The van der Waals surface area contributed by atoms with Gasteiger partial charge in [0.1, 0.15) is 0 Å². The number of aryl methyl sites for hydroxylation is 1. The third-order valence-corrected chi connectivity index (χ3v) is 3.47. The lowest BCUT2D eigenvalue weighted by molar-refractivity contribution is 0.256. The summed E-state index contributed by atoms with van der Waals surface area (Å²) in [5, 5.41) is 21.0. The molecular weight excluding hydrogens is 263 g/mol. The fourth-order valence-corrected chi connectivity index (χ4v) is 2.44. The molecule has 0 bridgehead atoms. The zero-order valence-corrected chi connectivity index (χ0v) is 11.1. The van der Waals surface area contributed by atoms with Crippen molar-refractivity contribution in [2.45, 2.75) is 20.5 Å². The van der Waals surface area contributed by atoms with Crippen LogP contribution in [-0.2, 0) is 6.61 Å². The van der Waals surface area contributed by atoms with Crippen molar-refractivity contribution < 1.29 is 14.3 Å². The molecule has 1 aromatic carbocycles. The van der Waals surface area contributed by atoms with Crippen molar-refractivity contribution in [1.29, 1.82) is 0 Å². The Morgan fingerprint density at radius 1 is 1.45 bits per heavy atom. The first-order valence-corrected chi connectivity index (χ1v) is 6.26. The molecule has 2 aromatic rings. The number of rotatable bonds is 2. The number of benzene rings is 1. The molecule has 0 radical (unpaired) electrons. The Balaban J connectivity index is 2.46. The smallest absolute Gasteiger partial charge is 0.327 e. The molecule has 20 heavy (non-hydrogen) atoms. The molecule has 7 heteroatoms. The molecule has 0 saturated heterocycles. The number of amides is 2. The normalized spacial score (nSPS) is 13.8. The van der Waals surface area contributed by atoms with Gasteiger partial charge in [-0.15, -0.1) is 5.10 Å². The summed E-state index contributed by atoms with van der Waals surface area (Å²) in [7, 11) is 0. The minimum Gasteiger partial charge on any atom is -0.392 e. The Morgan fingerprint density at radius 2 is 2.20 bits per heavy atom. The Morgan fingerprint density at radius 3 is 2.85 bits per heavy atom. The molecule has 104 valence electrons. The van der Waals surface area contributed by atoms with Crippen molar-refractivity contribution in [3.8, 4) is 0 Å². The van der Waals surface area contributed by atoms with Gasteiger partial charge in [0.25, 0.3) is 0 Å². The Labute approximate surface area is 114 Å². The second-order valence-corrected chi connectivity index (χ2v) is 4.59. The van der Waals surface area contributed by atoms with E-state index in [2.05, 4.69) is 15.5 Å². The van der Waals surface area contributed by atoms with Crippen LogP contribution in [0, 0.1) is 12.7 Å². The highest BCUT2D eigenvalue weighted by Crippen LogP contribution is 2.39. The van der Waals surface area contributed by atoms with E-state index in [0.717, 1.165) is 0 Å². The minimum absolute atomic E-state index is 0.0641. The van der Waals surface area contributed by atoms with Gasteiger partial charge in [-0.05, 0) is 19.9 Å². The molecule has 0 saturated carbocycles. The van der Waals surface area contributed by atoms with Crippen LogP contribution in [0.3, 0.4) is 0 Å². The lowest BCUT2D eigenvalue weighted by Gasteiger charge is -2.28. The predicted octanol–water partition coefficient (Wildman–Crippen LogP) is 1.94. The summed E-state index contributed by atoms with van der Waals surface area (Å²) in [6.07, 6.45) is 0. The minimum atomic E-state index is -0.627. The summed E-state index contributed by atoms with van der Waals surface area (Å²) in [5.41, 5.74) is 0.806. The van der Waals surface area contributed by atoms with Gasteiger partial charge >= 0.3 is 6.03 Å². The van der Waals surface area contributed by atoms with E-state index in [1.54, 1.807) is 19.9 Å². The van der Waals surface area contributed by atoms with Gasteiger partial charge in [0.2, 0.25) is 0 Å². The molecule has 1 aliphatic heterocycles. The standard InChI is InChI=1S/C13H13FN4O2/c1-3-18-12-9-8(6(2)16-17-12)4-7(5-19)10(14)11(9)15-13(18)20/h4,19H,3,5H2,1-2H3,(H,15,20). The highest BCUT2D eigenvalue weighted by Gasteiger charge is 2.30. The van der Waals surface area contributed by atoms with E-state index in [-0.39, 0.29) is 11.3 Å². The van der Waals surface area contributed by atoms with Crippen LogP contribution in [0.5, 0.6) is 0 Å². The molecule has 3 rings (SSSR count). The maximum Gasteiger partial charge on any atom is 0.327 e. The number of halogens is 1. The van der Waals surface area contributed by atoms with Crippen LogP contribution >= 0.6 is 0 Å². The lowest BCUT2D eigenvalue weighted by Crippen LogP contribution is -2.39. The second kappa shape index (κ2) is 4.38.